The minimum absolute atomic E-state index is 0.0637. The highest BCUT2D eigenvalue weighted by Crippen LogP contribution is 2.28. The van der Waals surface area contributed by atoms with Gasteiger partial charge in [-0.05, 0) is 0 Å². The summed E-state index contributed by atoms with van der Waals surface area (Å²) in [7, 11) is 0. The third-order valence-electron chi connectivity index (χ3n) is 1.70. The summed E-state index contributed by atoms with van der Waals surface area (Å²) in [5.41, 5.74) is 0.0637. The molecule has 1 heterocycles. The van der Waals surface area contributed by atoms with Gasteiger partial charge in [-0.1, -0.05) is 12.7 Å². The zero-order chi connectivity index (χ0) is 7.45. The molecule has 1 aliphatic rings. The average Bonchev–Trinajstić information content (AvgIpc) is 1.87. The highest BCUT2D eigenvalue weighted by Gasteiger charge is 2.35. The van der Waals surface area contributed by atoms with Crippen LogP contribution in [0.15, 0.2) is 25.5 Å². The maximum Gasteiger partial charge on any atom is 0.101 e. The van der Waals surface area contributed by atoms with Gasteiger partial charge in [0.15, 0.2) is 0 Å². The second-order valence-corrected chi connectivity index (χ2v) is 2.54. The van der Waals surface area contributed by atoms with Crippen LogP contribution in [0.3, 0.4) is 0 Å². The Labute approximate surface area is 61.1 Å². The zero-order valence-electron chi connectivity index (χ0n) is 6.01. The highest BCUT2D eigenvalue weighted by molar-refractivity contribution is 5.00. The number of rotatable bonds is 4. The molecular formula is C8H12O2. The van der Waals surface area contributed by atoms with Gasteiger partial charge in [0.05, 0.1) is 24.9 Å². The minimum atomic E-state index is 0.0637. The van der Waals surface area contributed by atoms with E-state index in [0.717, 1.165) is 13.2 Å². The first kappa shape index (κ1) is 7.35. The first-order valence-corrected chi connectivity index (χ1v) is 3.27. The van der Waals surface area contributed by atoms with Gasteiger partial charge in [0.2, 0.25) is 0 Å². The van der Waals surface area contributed by atoms with E-state index in [4.69, 9.17) is 9.47 Å². The summed E-state index contributed by atoms with van der Waals surface area (Å²) in [5, 5.41) is 0. The molecule has 0 spiro atoms. The molecule has 1 fully saturated rings. The first-order chi connectivity index (χ1) is 4.83. The van der Waals surface area contributed by atoms with Crippen molar-refractivity contribution in [3.63, 3.8) is 0 Å². The molecule has 0 aromatic rings. The SMILES string of the molecule is C=COCC1(C=C)COC1. The molecule has 0 saturated carbocycles. The van der Waals surface area contributed by atoms with Crippen molar-refractivity contribution in [3.8, 4) is 0 Å². The zero-order valence-corrected chi connectivity index (χ0v) is 6.01. The smallest absolute Gasteiger partial charge is 0.101 e. The van der Waals surface area contributed by atoms with E-state index in [2.05, 4.69) is 13.2 Å². The fraction of sp³-hybridized carbons (Fsp3) is 0.500. The van der Waals surface area contributed by atoms with Crippen molar-refractivity contribution >= 4 is 0 Å². The predicted octanol–water partition coefficient (Wildman–Crippen LogP) is 1.35. The highest BCUT2D eigenvalue weighted by atomic mass is 16.5. The lowest BCUT2D eigenvalue weighted by Gasteiger charge is -2.37. The fourth-order valence-corrected chi connectivity index (χ4v) is 0.849. The Morgan fingerprint density at radius 2 is 2.20 bits per heavy atom. The Hall–Kier alpha value is -0.760. The van der Waals surface area contributed by atoms with Gasteiger partial charge in [-0.2, -0.15) is 0 Å². The lowest BCUT2D eigenvalue weighted by atomic mass is 9.87. The molecule has 1 saturated heterocycles. The van der Waals surface area contributed by atoms with Crippen molar-refractivity contribution in [3.05, 3.63) is 25.5 Å². The maximum absolute atomic E-state index is 5.04. The summed E-state index contributed by atoms with van der Waals surface area (Å²) in [6.07, 6.45) is 3.34. The molecule has 0 N–H and O–H groups in total. The van der Waals surface area contributed by atoms with E-state index in [1.807, 2.05) is 6.08 Å². The predicted molar refractivity (Wildman–Crippen MR) is 39.6 cm³/mol. The van der Waals surface area contributed by atoms with Gasteiger partial charge in [0, 0.05) is 0 Å². The van der Waals surface area contributed by atoms with Gasteiger partial charge in [-0.3, -0.25) is 0 Å². The molecule has 0 aliphatic carbocycles. The summed E-state index contributed by atoms with van der Waals surface area (Å²) in [6.45, 7) is 9.26. The van der Waals surface area contributed by atoms with Crippen molar-refractivity contribution in [1.29, 1.82) is 0 Å². The first-order valence-electron chi connectivity index (χ1n) is 3.27. The molecule has 56 valence electrons. The molecule has 0 radical (unpaired) electrons. The Kier molecular flexibility index (Phi) is 2.12. The molecule has 0 bridgehead atoms. The summed E-state index contributed by atoms with van der Waals surface area (Å²) < 4.78 is 10.1. The Morgan fingerprint density at radius 1 is 1.50 bits per heavy atom. The van der Waals surface area contributed by atoms with Gasteiger partial charge in [0.1, 0.15) is 6.61 Å². The van der Waals surface area contributed by atoms with Crippen LogP contribution in [-0.4, -0.2) is 19.8 Å². The lowest BCUT2D eigenvalue weighted by Crippen LogP contribution is -2.44. The van der Waals surface area contributed by atoms with E-state index in [9.17, 15) is 0 Å². The molecule has 10 heavy (non-hydrogen) atoms. The second kappa shape index (κ2) is 2.88. The van der Waals surface area contributed by atoms with E-state index in [1.54, 1.807) is 0 Å². The third-order valence-corrected chi connectivity index (χ3v) is 1.70. The molecule has 0 amide bonds. The Balaban J connectivity index is 2.33. The number of hydrogen-bond acceptors (Lipinski definition) is 2. The summed E-state index contributed by atoms with van der Waals surface area (Å²) in [4.78, 5) is 0. The van der Waals surface area contributed by atoms with Crippen LogP contribution in [0.5, 0.6) is 0 Å². The van der Waals surface area contributed by atoms with Gasteiger partial charge in [-0.25, -0.2) is 0 Å². The second-order valence-electron chi connectivity index (χ2n) is 2.54. The molecule has 2 heteroatoms. The van der Waals surface area contributed by atoms with Crippen LogP contribution in [-0.2, 0) is 9.47 Å². The van der Waals surface area contributed by atoms with Crippen LogP contribution < -0.4 is 0 Å². The van der Waals surface area contributed by atoms with E-state index in [0.29, 0.717) is 6.61 Å². The van der Waals surface area contributed by atoms with Gasteiger partial charge in [-0.15, -0.1) is 6.58 Å². The van der Waals surface area contributed by atoms with Crippen LogP contribution in [0.4, 0.5) is 0 Å². The van der Waals surface area contributed by atoms with Gasteiger partial charge < -0.3 is 9.47 Å². The summed E-state index contributed by atoms with van der Waals surface area (Å²) in [6, 6.07) is 0. The molecule has 0 unspecified atom stereocenters. The molecule has 1 aliphatic heterocycles. The Morgan fingerprint density at radius 3 is 2.50 bits per heavy atom. The van der Waals surface area contributed by atoms with E-state index in [1.165, 1.54) is 6.26 Å². The topological polar surface area (TPSA) is 18.5 Å². The monoisotopic (exact) mass is 140 g/mol. The van der Waals surface area contributed by atoms with Crippen LogP contribution in [0.1, 0.15) is 0 Å². The van der Waals surface area contributed by atoms with Crippen LogP contribution >= 0.6 is 0 Å². The standard InChI is InChI=1S/C8H12O2/c1-3-8(5-9-4-2)6-10-7-8/h3-4H,1-2,5-7H2. The lowest BCUT2D eigenvalue weighted by molar-refractivity contribution is -0.108. The number of hydrogen-bond donors (Lipinski definition) is 0. The molecule has 1 rings (SSSR count). The molecule has 0 aromatic carbocycles. The fourth-order valence-electron chi connectivity index (χ4n) is 0.849. The summed E-state index contributed by atoms with van der Waals surface area (Å²) >= 11 is 0. The van der Waals surface area contributed by atoms with Crippen molar-refractivity contribution in [1.82, 2.24) is 0 Å². The average molecular weight is 140 g/mol. The maximum atomic E-state index is 5.04. The van der Waals surface area contributed by atoms with Crippen molar-refractivity contribution < 1.29 is 9.47 Å². The van der Waals surface area contributed by atoms with Crippen LogP contribution in [0, 0.1) is 5.41 Å². The molecule has 0 atom stereocenters. The Bertz CT molecular complexity index is 136. The largest absolute Gasteiger partial charge is 0.501 e. The van der Waals surface area contributed by atoms with Gasteiger partial charge in [0.25, 0.3) is 0 Å². The van der Waals surface area contributed by atoms with E-state index < -0.39 is 0 Å². The molecule has 2 nitrogen and oxygen atoms in total. The quantitative estimate of drug-likeness (QED) is 0.433. The van der Waals surface area contributed by atoms with Crippen LogP contribution in [0.25, 0.3) is 0 Å². The van der Waals surface area contributed by atoms with Crippen molar-refractivity contribution in [2.24, 2.45) is 5.41 Å². The molecule has 0 aromatic heterocycles. The molecular weight excluding hydrogens is 128 g/mol. The summed E-state index contributed by atoms with van der Waals surface area (Å²) in [5.74, 6) is 0. The normalized spacial score (nSPS) is 20.8. The van der Waals surface area contributed by atoms with Crippen LogP contribution in [0.2, 0.25) is 0 Å². The number of ether oxygens (including phenoxy) is 2. The van der Waals surface area contributed by atoms with E-state index >= 15 is 0 Å². The van der Waals surface area contributed by atoms with Gasteiger partial charge >= 0.3 is 0 Å². The van der Waals surface area contributed by atoms with Crippen molar-refractivity contribution in [2.45, 2.75) is 0 Å². The van der Waals surface area contributed by atoms with E-state index in [-0.39, 0.29) is 5.41 Å². The third kappa shape index (κ3) is 1.21. The van der Waals surface area contributed by atoms with Crippen molar-refractivity contribution in [2.75, 3.05) is 19.8 Å². The minimum Gasteiger partial charge on any atom is -0.501 e.